The summed E-state index contributed by atoms with van der Waals surface area (Å²) in [4.78, 5) is 11.6. The van der Waals surface area contributed by atoms with Gasteiger partial charge in [0.25, 0.3) is 5.91 Å². The molecule has 0 aliphatic heterocycles. The topological polar surface area (TPSA) is 62.5 Å². The van der Waals surface area contributed by atoms with Crippen LogP contribution in [0.4, 0.5) is 0 Å². The Morgan fingerprint density at radius 3 is 2.94 bits per heavy atom. The number of carbonyl (C=O) groups is 1. The van der Waals surface area contributed by atoms with Gasteiger partial charge in [0.15, 0.2) is 10.4 Å². The van der Waals surface area contributed by atoms with E-state index in [-0.39, 0.29) is 12.0 Å². The molecular formula is C11H14BrNO3. The van der Waals surface area contributed by atoms with Crippen LogP contribution in [0.3, 0.4) is 0 Å². The Morgan fingerprint density at radius 1 is 1.56 bits per heavy atom. The summed E-state index contributed by atoms with van der Waals surface area (Å²) >= 11 is 3.15. The van der Waals surface area contributed by atoms with Crippen molar-refractivity contribution in [3.63, 3.8) is 0 Å². The maximum Gasteiger partial charge on any atom is 0.287 e. The molecule has 2 atom stereocenters. The molecule has 1 aliphatic carbocycles. The van der Waals surface area contributed by atoms with Crippen molar-refractivity contribution in [1.82, 2.24) is 5.32 Å². The zero-order valence-corrected chi connectivity index (χ0v) is 10.4. The van der Waals surface area contributed by atoms with Crippen molar-refractivity contribution < 1.29 is 14.3 Å². The standard InChI is InChI=1S/C11H14BrNO3/c12-10-4-3-9(16-10)11(15)13-6-7-1-2-8(14)5-7/h3-4,7-8,14H,1-2,5-6H2,(H,13,15). The van der Waals surface area contributed by atoms with Crippen molar-refractivity contribution in [3.8, 4) is 0 Å². The van der Waals surface area contributed by atoms with E-state index in [1.807, 2.05) is 0 Å². The molecule has 1 aromatic heterocycles. The molecule has 1 heterocycles. The summed E-state index contributed by atoms with van der Waals surface area (Å²) in [6.45, 7) is 0.605. The van der Waals surface area contributed by atoms with Crippen LogP contribution in [0.25, 0.3) is 0 Å². The monoisotopic (exact) mass is 287 g/mol. The summed E-state index contributed by atoms with van der Waals surface area (Å²) in [6.07, 6.45) is 2.40. The van der Waals surface area contributed by atoms with E-state index in [0.29, 0.717) is 22.9 Å². The Bertz CT molecular complexity index is 377. The minimum absolute atomic E-state index is 0.195. The lowest BCUT2D eigenvalue weighted by Gasteiger charge is -2.09. The Labute approximate surface area is 102 Å². The highest BCUT2D eigenvalue weighted by Crippen LogP contribution is 2.24. The van der Waals surface area contributed by atoms with Gasteiger partial charge in [0.05, 0.1) is 6.10 Å². The number of furan rings is 1. The molecule has 0 radical (unpaired) electrons. The summed E-state index contributed by atoms with van der Waals surface area (Å²) in [5.41, 5.74) is 0. The van der Waals surface area contributed by atoms with E-state index >= 15 is 0 Å². The molecule has 4 nitrogen and oxygen atoms in total. The van der Waals surface area contributed by atoms with Gasteiger partial charge in [-0.3, -0.25) is 4.79 Å². The fourth-order valence-electron chi connectivity index (χ4n) is 1.99. The number of aliphatic hydroxyl groups is 1. The van der Waals surface area contributed by atoms with Gasteiger partial charge < -0.3 is 14.8 Å². The van der Waals surface area contributed by atoms with Gasteiger partial charge in [-0.2, -0.15) is 0 Å². The molecule has 1 fully saturated rings. The summed E-state index contributed by atoms with van der Waals surface area (Å²) in [5, 5.41) is 12.2. The van der Waals surface area contributed by atoms with E-state index < -0.39 is 0 Å². The number of aliphatic hydroxyl groups excluding tert-OH is 1. The zero-order chi connectivity index (χ0) is 11.5. The molecule has 0 saturated heterocycles. The second kappa shape index (κ2) is 5.01. The minimum Gasteiger partial charge on any atom is -0.444 e. The summed E-state index contributed by atoms with van der Waals surface area (Å²) in [5.74, 6) is 0.495. The fourth-order valence-corrected chi connectivity index (χ4v) is 2.30. The lowest BCUT2D eigenvalue weighted by Crippen LogP contribution is -2.28. The number of carbonyl (C=O) groups excluding carboxylic acids is 1. The molecule has 5 heteroatoms. The quantitative estimate of drug-likeness (QED) is 0.893. The van der Waals surface area contributed by atoms with Crippen LogP contribution in [0.15, 0.2) is 21.2 Å². The second-order valence-corrected chi connectivity index (χ2v) is 4.93. The summed E-state index contributed by atoms with van der Waals surface area (Å²) in [7, 11) is 0. The first kappa shape index (κ1) is 11.7. The number of hydrogen-bond donors (Lipinski definition) is 2. The summed E-state index contributed by atoms with van der Waals surface area (Å²) < 4.78 is 5.69. The van der Waals surface area contributed by atoms with Crippen LogP contribution in [0, 0.1) is 5.92 Å². The normalized spacial score (nSPS) is 24.6. The lowest BCUT2D eigenvalue weighted by atomic mass is 10.1. The number of nitrogens with one attached hydrogen (secondary N) is 1. The Morgan fingerprint density at radius 2 is 2.38 bits per heavy atom. The maximum atomic E-state index is 11.6. The number of rotatable bonds is 3. The van der Waals surface area contributed by atoms with Gasteiger partial charge in [-0.25, -0.2) is 0 Å². The third kappa shape index (κ3) is 2.86. The highest BCUT2D eigenvalue weighted by molar-refractivity contribution is 9.10. The molecule has 2 N–H and O–H groups in total. The van der Waals surface area contributed by atoms with E-state index in [1.165, 1.54) is 0 Å². The average molecular weight is 288 g/mol. The molecule has 1 amide bonds. The number of halogens is 1. The van der Waals surface area contributed by atoms with Crippen LogP contribution in [0.5, 0.6) is 0 Å². The first-order valence-corrected chi connectivity index (χ1v) is 6.16. The molecule has 0 spiro atoms. The average Bonchev–Trinajstić information content (AvgIpc) is 2.84. The molecule has 0 bridgehead atoms. The van der Waals surface area contributed by atoms with Gasteiger partial charge in [-0.05, 0) is 53.2 Å². The van der Waals surface area contributed by atoms with Crippen LogP contribution in [0.2, 0.25) is 0 Å². The third-order valence-electron chi connectivity index (χ3n) is 2.86. The number of hydrogen-bond acceptors (Lipinski definition) is 3. The second-order valence-electron chi connectivity index (χ2n) is 4.15. The van der Waals surface area contributed by atoms with Crippen LogP contribution in [-0.2, 0) is 0 Å². The van der Waals surface area contributed by atoms with Gasteiger partial charge >= 0.3 is 0 Å². The van der Waals surface area contributed by atoms with E-state index in [4.69, 9.17) is 4.42 Å². The SMILES string of the molecule is O=C(NCC1CCC(O)C1)c1ccc(Br)o1. The lowest BCUT2D eigenvalue weighted by molar-refractivity contribution is 0.0916. The maximum absolute atomic E-state index is 11.6. The molecule has 2 unspecified atom stereocenters. The van der Waals surface area contributed by atoms with Crippen molar-refractivity contribution in [1.29, 1.82) is 0 Å². The van der Waals surface area contributed by atoms with Crippen molar-refractivity contribution in [2.45, 2.75) is 25.4 Å². The Balaban J connectivity index is 1.80. The highest BCUT2D eigenvalue weighted by Gasteiger charge is 2.23. The van der Waals surface area contributed by atoms with Gasteiger partial charge in [0, 0.05) is 6.54 Å². The van der Waals surface area contributed by atoms with Gasteiger partial charge in [0.1, 0.15) is 0 Å². The van der Waals surface area contributed by atoms with E-state index in [1.54, 1.807) is 12.1 Å². The van der Waals surface area contributed by atoms with Gasteiger partial charge in [-0.1, -0.05) is 0 Å². The minimum atomic E-state index is -0.202. The molecule has 1 aliphatic rings. The van der Waals surface area contributed by atoms with E-state index in [2.05, 4.69) is 21.2 Å². The predicted octanol–water partition coefficient (Wildman–Crippen LogP) is 1.93. The predicted molar refractivity (Wildman–Crippen MR) is 62.1 cm³/mol. The molecule has 88 valence electrons. The first-order valence-electron chi connectivity index (χ1n) is 5.37. The Kier molecular flexibility index (Phi) is 3.66. The Hall–Kier alpha value is -0.810. The van der Waals surface area contributed by atoms with Crippen LogP contribution in [0.1, 0.15) is 29.8 Å². The molecule has 2 rings (SSSR count). The van der Waals surface area contributed by atoms with Crippen molar-refractivity contribution in [2.24, 2.45) is 5.92 Å². The fraction of sp³-hybridized carbons (Fsp3) is 0.545. The third-order valence-corrected chi connectivity index (χ3v) is 3.29. The molecule has 0 aromatic carbocycles. The highest BCUT2D eigenvalue weighted by atomic mass is 79.9. The van der Waals surface area contributed by atoms with Crippen molar-refractivity contribution >= 4 is 21.8 Å². The van der Waals surface area contributed by atoms with Crippen LogP contribution < -0.4 is 5.32 Å². The van der Waals surface area contributed by atoms with E-state index in [0.717, 1.165) is 19.3 Å². The molecular weight excluding hydrogens is 274 g/mol. The van der Waals surface area contributed by atoms with Crippen molar-refractivity contribution in [3.05, 3.63) is 22.6 Å². The van der Waals surface area contributed by atoms with Crippen LogP contribution >= 0.6 is 15.9 Å². The largest absolute Gasteiger partial charge is 0.444 e. The zero-order valence-electron chi connectivity index (χ0n) is 8.78. The van der Waals surface area contributed by atoms with Crippen molar-refractivity contribution in [2.75, 3.05) is 6.54 Å². The molecule has 16 heavy (non-hydrogen) atoms. The molecule has 1 aromatic rings. The summed E-state index contributed by atoms with van der Waals surface area (Å²) in [6, 6.07) is 3.32. The van der Waals surface area contributed by atoms with Crippen LogP contribution in [-0.4, -0.2) is 23.7 Å². The molecule has 1 saturated carbocycles. The smallest absolute Gasteiger partial charge is 0.287 e. The van der Waals surface area contributed by atoms with Gasteiger partial charge in [-0.15, -0.1) is 0 Å². The van der Waals surface area contributed by atoms with Gasteiger partial charge in [0.2, 0.25) is 0 Å². The first-order chi connectivity index (χ1) is 7.65. The number of amides is 1. The van der Waals surface area contributed by atoms with E-state index in [9.17, 15) is 9.90 Å².